The Hall–Kier alpha value is -3.75. The molecule has 0 aromatic carbocycles. The van der Waals surface area contributed by atoms with Gasteiger partial charge in [0, 0.05) is 19.3 Å². The molecule has 0 fully saturated rings. The van der Waals surface area contributed by atoms with Crippen molar-refractivity contribution in [2.75, 3.05) is 41.0 Å². The molecule has 0 saturated heterocycles. The maximum atomic E-state index is 12.7. The van der Waals surface area contributed by atoms with Gasteiger partial charge < -0.3 is 28.6 Å². The highest BCUT2D eigenvalue weighted by Crippen LogP contribution is 2.12. The van der Waals surface area contributed by atoms with Crippen molar-refractivity contribution in [2.24, 2.45) is 0 Å². The number of ether oxygens (including phenoxy) is 3. The van der Waals surface area contributed by atoms with Crippen LogP contribution in [-0.2, 0) is 28.6 Å². The smallest absolute Gasteiger partial charge is 0.306 e. The van der Waals surface area contributed by atoms with Crippen molar-refractivity contribution in [3.63, 3.8) is 0 Å². The van der Waals surface area contributed by atoms with Gasteiger partial charge >= 0.3 is 11.9 Å². The Balaban J connectivity index is 4.52. The molecule has 0 aromatic heterocycles. The molecule has 8 nitrogen and oxygen atoms in total. The molecular formula is C48H77NO7. The number of esters is 2. The van der Waals surface area contributed by atoms with Gasteiger partial charge in [0.2, 0.25) is 0 Å². The van der Waals surface area contributed by atoms with Crippen LogP contribution in [0.2, 0.25) is 0 Å². The third-order valence-corrected chi connectivity index (χ3v) is 8.73. The van der Waals surface area contributed by atoms with E-state index < -0.39 is 24.1 Å². The maximum Gasteiger partial charge on any atom is 0.306 e. The lowest BCUT2D eigenvalue weighted by molar-refractivity contribution is -0.889. The van der Waals surface area contributed by atoms with E-state index in [0.29, 0.717) is 12.8 Å². The molecule has 0 saturated carbocycles. The molecule has 0 amide bonds. The van der Waals surface area contributed by atoms with Gasteiger partial charge in [0.15, 0.2) is 6.10 Å². The molecule has 8 heteroatoms. The first kappa shape index (κ1) is 52.2. The molecule has 0 bridgehead atoms. The molecule has 0 aliphatic carbocycles. The van der Waals surface area contributed by atoms with E-state index in [1.54, 1.807) is 21.1 Å². The zero-order valence-electron chi connectivity index (χ0n) is 35.8. The average molecular weight is 780 g/mol. The molecule has 0 aliphatic rings. The third kappa shape index (κ3) is 35.9. The van der Waals surface area contributed by atoms with E-state index in [4.69, 9.17) is 14.2 Å². The van der Waals surface area contributed by atoms with Crippen LogP contribution >= 0.6 is 0 Å². The number of hydrogen-bond donors (Lipinski definition) is 0. The molecule has 0 spiro atoms. The molecule has 0 heterocycles. The summed E-state index contributed by atoms with van der Waals surface area (Å²) in [7, 11) is 5.36. The molecular weight excluding hydrogens is 703 g/mol. The zero-order chi connectivity index (χ0) is 41.4. The Kier molecular flexibility index (Phi) is 35.6. The number of carboxylic acids is 1. The Morgan fingerprint density at radius 2 is 0.982 bits per heavy atom. The quantitative estimate of drug-likeness (QED) is 0.0270. The van der Waals surface area contributed by atoms with E-state index >= 15 is 0 Å². The lowest BCUT2D eigenvalue weighted by Gasteiger charge is -2.34. The highest BCUT2D eigenvalue weighted by Gasteiger charge is 2.25. The topological polar surface area (TPSA) is 102 Å². The fourth-order valence-corrected chi connectivity index (χ4v) is 5.49. The number of hydrogen-bond acceptors (Lipinski definition) is 7. The van der Waals surface area contributed by atoms with Crippen LogP contribution in [0.15, 0.2) is 97.2 Å². The van der Waals surface area contributed by atoms with E-state index in [1.807, 2.05) is 12.2 Å². The van der Waals surface area contributed by atoms with Crippen LogP contribution in [-0.4, -0.2) is 75.5 Å². The van der Waals surface area contributed by atoms with Crippen LogP contribution in [0, 0.1) is 0 Å². The number of carbonyl (C=O) groups is 3. The van der Waals surface area contributed by atoms with Crippen LogP contribution in [0.5, 0.6) is 0 Å². The van der Waals surface area contributed by atoms with Crippen molar-refractivity contribution in [3.05, 3.63) is 97.2 Å². The van der Waals surface area contributed by atoms with E-state index in [-0.39, 0.29) is 43.1 Å². The van der Waals surface area contributed by atoms with Crippen molar-refractivity contribution < 1.29 is 38.2 Å². The Morgan fingerprint density at radius 1 is 0.536 bits per heavy atom. The fourth-order valence-electron chi connectivity index (χ4n) is 5.49. The summed E-state index contributed by atoms with van der Waals surface area (Å²) in [6.07, 6.45) is 50.2. The highest BCUT2D eigenvalue weighted by atomic mass is 16.6. The summed E-state index contributed by atoms with van der Waals surface area (Å²) in [4.78, 5) is 36.8. The number of carboxylic acid groups (broad SMARTS) is 1. The fraction of sp³-hybridized carbons (Fsp3) is 0.604. The van der Waals surface area contributed by atoms with Gasteiger partial charge in [-0.3, -0.25) is 9.59 Å². The number of aliphatic carboxylic acids is 1. The third-order valence-electron chi connectivity index (χ3n) is 8.73. The van der Waals surface area contributed by atoms with Crippen LogP contribution < -0.4 is 5.11 Å². The number of allylic oxidation sites excluding steroid dienone is 16. The zero-order valence-corrected chi connectivity index (χ0v) is 35.8. The maximum absolute atomic E-state index is 12.7. The summed E-state index contributed by atoms with van der Waals surface area (Å²) in [5.41, 5.74) is 0. The van der Waals surface area contributed by atoms with E-state index in [9.17, 15) is 19.5 Å². The number of rotatable bonds is 36. The molecule has 56 heavy (non-hydrogen) atoms. The van der Waals surface area contributed by atoms with Crippen molar-refractivity contribution >= 4 is 17.9 Å². The van der Waals surface area contributed by atoms with Crippen LogP contribution in [0.3, 0.4) is 0 Å². The van der Waals surface area contributed by atoms with E-state index in [2.05, 4.69) is 98.9 Å². The Morgan fingerprint density at radius 3 is 1.46 bits per heavy atom. The molecule has 0 radical (unpaired) electrons. The number of quaternary nitrogens is 1. The van der Waals surface area contributed by atoms with Crippen molar-refractivity contribution in [1.29, 1.82) is 0 Å². The summed E-state index contributed by atoms with van der Waals surface area (Å²) in [6.45, 7) is 4.31. The normalized spacial score (nSPS) is 13.9. The van der Waals surface area contributed by atoms with Gasteiger partial charge in [0.05, 0.1) is 40.3 Å². The second-order valence-corrected chi connectivity index (χ2v) is 14.8. The lowest BCUT2D eigenvalue weighted by Crippen LogP contribution is -2.55. The van der Waals surface area contributed by atoms with Gasteiger partial charge in [0.25, 0.3) is 0 Å². The Labute approximate surface area is 341 Å². The van der Waals surface area contributed by atoms with Crippen molar-refractivity contribution in [1.82, 2.24) is 0 Å². The van der Waals surface area contributed by atoms with E-state index in [0.717, 1.165) is 83.5 Å². The van der Waals surface area contributed by atoms with Crippen LogP contribution in [0.25, 0.3) is 0 Å². The molecule has 2 unspecified atom stereocenters. The molecule has 0 aromatic rings. The number of unbranched alkanes of at least 4 members (excludes halogenated alkanes) is 6. The van der Waals surface area contributed by atoms with Crippen molar-refractivity contribution in [2.45, 2.75) is 148 Å². The molecule has 2 atom stereocenters. The first-order valence-corrected chi connectivity index (χ1v) is 21.3. The lowest BCUT2D eigenvalue weighted by atomic mass is 10.1. The first-order valence-electron chi connectivity index (χ1n) is 21.3. The first-order chi connectivity index (χ1) is 27.1. The Bertz CT molecular complexity index is 1230. The summed E-state index contributed by atoms with van der Waals surface area (Å²) in [6, 6.07) is -0.746. The van der Waals surface area contributed by atoms with Gasteiger partial charge in [-0.05, 0) is 77.0 Å². The largest absolute Gasteiger partial charge is 0.544 e. The van der Waals surface area contributed by atoms with Gasteiger partial charge in [-0.1, -0.05) is 137 Å². The number of likely N-dealkylation sites (N-methyl/N-ethyl adjacent to an activating group) is 1. The summed E-state index contributed by atoms with van der Waals surface area (Å²) >= 11 is 0. The van der Waals surface area contributed by atoms with Crippen molar-refractivity contribution in [3.8, 4) is 0 Å². The minimum Gasteiger partial charge on any atom is -0.544 e. The predicted molar refractivity (Wildman–Crippen MR) is 231 cm³/mol. The molecule has 316 valence electrons. The summed E-state index contributed by atoms with van der Waals surface area (Å²) < 4.78 is 17.0. The predicted octanol–water partition coefficient (Wildman–Crippen LogP) is 10.2. The van der Waals surface area contributed by atoms with Gasteiger partial charge in [-0.25, -0.2) is 0 Å². The number of carbonyl (C=O) groups excluding carboxylic acids is 3. The number of nitrogens with zero attached hydrogens (tertiary/aromatic N) is 1. The molecule has 0 N–H and O–H groups in total. The highest BCUT2D eigenvalue weighted by molar-refractivity contribution is 5.70. The minimum atomic E-state index is -1.14. The second kappa shape index (κ2) is 38.1. The SMILES string of the molecule is CC/C=C/C/C=C/C/C=C/C/C=C/C/C=C/CCC(=O)OC(COCCC(C(=O)[O-])[N+](C)(C)C)COC(=O)CCCCCCCC/C=C/C/C=C/C/C=C/CC. The van der Waals surface area contributed by atoms with E-state index in [1.165, 1.54) is 12.8 Å². The minimum absolute atomic E-state index is 0.000133. The van der Waals surface area contributed by atoms with Gasteiger partial charge in [0.1, 0.15) is 12.6 Å². The van der Waals surface area contributed by atoms with Gasteiger partial charge in [-0.15, -0.1) is 0 Å². The van der Waals surface area contributed by atoms with Crippen LogP contribution in [0.1, 0.15) is 136 Å². The summed E-state index contributed by atoms with van der Waals surface area (Å²) in [5.74, 6) is -1.87. The average Bonchev–Trinajstić information content (AvgIpc) is 3.15. The second-order valence-electron chi connectivity index (χ2n) is 14.8. The monoisotopic (exact) mass is 780 g/mol. The molecule has 0 aliphatic heterocycles. The summed E-state index contributed by atoms with van der Waals surface area (Å²) in [5, 5.41) is 11.6. The van der Waals surface area contributed by atoms with Gasteiger partial charge in [-0.2, -0.15) is 0 Å². The standard InChI is InChI=1S/C48H77NO7/c1-6-8-10-12-14-16-18-20-22-24-26-28-30-32-34-36-38-46(50)55-43-44(42-54-41-40-45(48(52)53)49(3,4)5)56-47(51)39-37-35-33-31-29-27-25-23-21-19-17-15-13-11-9-7-2/h8-11,14-17,20-23,27,29,33,35,44-45H,6-7,12-13,18-19,24-26,28,30-32,34,36-43H2,1-5H3/b10-8+,11-9+,16-14+,17-15+,22-20+,23-21+,29-27+,35-33+. The van der Waals surface area contributed by atoms with Crippen LogP contribution in [0.4, 0.5) is 0 Å². The molecule has 0 rings (SSSR count).